The first kappa shape index (κ1) is 14.8. The van der Waals surface area contributed by atoms with Gasteiger partial charge in [-0.15, -0.1) is 11.3 Å². The van der Waals surface area contributed by atoms with E-state index in [0.717, 1.165) is 27.8 Å². The van der Waals surface area contributed by atoms with Crippen molar-refractivity contribution >= 4 is 11.3 Å². The zero-order valence-corrected chi connectivity index (χ0v) is 13.7. The van der Waals surface area contributed by atoms with Gasteiger partial charge in [0.05, 0.1) is 12.8 Å². The molecule has 0 radical (unpaired) electrons. The lowest BCUT2D eigenvalue weighted by atomic mass is 10.1. The molecule has 0 aliphatic carbocycles. The Labute approximate surface area is 143 Å². The molecule has 3 aromatic rings. The number of nitrogens with zero attached hydrogens (tertiary/aromatic N) is 1. The van der Waals surface area contributed by atoms with E-state index >= 15 is 0 Å². The number of benzene rings is 2. The van der Waals surface area contributed by atoms with E-state index in [1.165, 1.54) is 18.4 Å². The third-order valence-electron chi connectivity index (χ3n) is 3.78. The number of thiazole rings is 1. The molecule has 24 heavy (non-hydrogen) atoms. The van der Waals surface area contributed by atoms with Gasteiger partial charge in [-0.1, -0.05) is 12.1 Å². The van der Waals surface area contributed by atoms with Crippen molar-refractivity contribution < 1.29 is 19.3 Å². The molecule has 2 aromatic carbocycles. The predicted octanol–water partition coefficient (Wildman–Crippen LogP) is 4.04. The number of phenolic OH excluding ortho intramolecular Hbond substituents is 1. The van der Waals surface area contributed by atoms with Crippen molar-refractivity contribution in [2.75, 3.05) is 13.7 Å². The van der Waals surface area contributed by atoms with Crippen LogP contribution in [0.2, 0.25) is 0 Å². The molecule has 0 saturated heterocycles. The Bertz CT molecular complexity index is 877. The molecule has 4 rings (SSSR count). The minimum Gasteiger partial charge on any atom is -0.504 e. The lowest BCUT2D eigenvalue weighted by Gasteiger charge is -2.24. The van der Waals surface area contributed by atoms with Crippen LogP contribution in [0.1, 0.15) is 11.1 Å². The Hall–Kier alpha value is -2.73. The highest BCUT2D eigenvalue weighted by atomic mass is 32.1. The fraction of sp³-hybridized carbons (Fsp3) is 0.167. The van der Waals surface area contributed by atoms with Gasteiger partial charge in [-0.25, -0.2) is 4.98 Å². The lowest BCUT2D eigenvalue weighted by molar-refractivity contribution is 0.0911. The Kier molecular flexibility index (Phi) is 3.74. The van der Waals surface area contributed by atoms with E-state index < -0.39 is 0 Å². The van der Waals surface area contributed by atoms with E-state index in [4.69, 9.17) is 14.2 Å². The van der Waals surface area contributed by atoms with Crippen molar-refractivity contribution in [1.29, 1.82) is 0 Å². The predicted molar refractivity (Wildman–Crippen MR) is 91.1 cm³/mol. The second-order valence-corrected chi connectivity index (χ2v) is 6.21. The Morgan fingerprint density at radius 1 is 1.21 bits per heavy atom. The van der Waals surface area contributed by atoms with Gasteiger partial charge >= 0.3 is 0 Å². The van der Waals surface area contributed by atoms with E-state index in [9.17, 15) is 5.11 Å². The van der Waals surface area contributed by atoms with Crippen LogP contribution in [0, 0.1) is 0 Å². The summed E-state index contributed by atoms with van der Waals surface area (Å²) in [5.74, 6) is 2.02. The van der Waals surface area contributed by atoms with Crippen LogP contribution in [0.5, 0.6) is 23.0 Å². The SMILES string of the molecule is COc1cc(-c2csc([C@H]3COc4ccccc4O3)n2)ccc1O. The first-order chi connectivity index (χ1) is 11.7. The van der Waals surface area contributed by atoms with Crippen LogP contribution in [0.3, 0.4) is 0 Å². The maximum Gasteiger partial charge on any atom is 0.184 e. The molecule has 1 aliphatic rings. The minimum absolute atomic E-state index is 0.109. The molecule has 1 atom stereocenters. The van der Waals surface area contributed by atoms with E-state index in [1.54, 1.807) is 12.1 Å². The second kappa shape index (κ2) is 6.05. The first-order valence-corrected chi connectivity index (χ1v) is 8.34. The quantitative estimate of drug-likeness (QED) is 0.779. The summed E-state index contributed by atoms with van der Waals surface area (Å²) in [5.41, 5.74) is 1.69. The number of para-hydroxylation sites is 2. The Morgan fingerprint density at radius 2 is 2.04 bits per heavy atom. The molecule has 0 fully saturated rings. The lowest BCUT2D eigenvalue weighted by Crippen LogP contribution is -2.21. The minimum atomic E-state index is -0.224. The van der Waals surface area contributed by atoms with Crippen molar-refractivity contribution in [1.82, 2.24) is 4.98 Å². The van der Waals surface area contributed by atoms with Crippen molar-refractivity contribution in [3.05, 3.63) is 52.9 Å². The van der Waals surface area contributed by atoms with Gasteiger partial charge < -0.3 is 19.3 Å². The molecule has 1 aliphatic heterocycles. The Morgan fingerprint density at radius 3 is 2.88 bits per heavy atom. The number of fused-ring (bicyclic) bond motifs is 1. The number of methoxy groups -OCH3 is 1. The van der Waals surface area contributed by atoms with Gasteiger partial charge in [0.15, 0.2) is 29.1 Å². The van der Waals surface area contributed by atoms with Crippen LogP contribution in [-0.4, -0.2) is 23.8 Å². The average Bonchev–Trinajstić information content (AvgIpc) is 3.12. The number of ether oxygens (including phenoxy) is 3. The molecule has 6 heteroatoms. The molecule has 2 heterocycles. The molecule has 122 valence electrons. The van der Waals surface area contributed by atoms with Crippen molar-refractivity contribution in [3.8, 4) is 34.3 Å². The van der Waals surface area contributed by atoms with Crippen LogP contribution in [-0.2, 0) is 0 Å². The van der Waals surface area contributed by atoms with E-state index in [1.807, 2.05) is 35.7 Å². The summed E-state index contributed by atoms with van der Waals surface area (Å²) in [7, 11) is 1.52. The van der Waals surface area contributed by atoms with Gasteiger partial charge in [-0.2, -0.15) is 0 Å². The number of aromatic hydroxyl groups is 1. The zero-order valence-electron chi connectivity index (χ0n) is 12.9. The van der Waals surface area contributed by atoms with Crippen LogP contribution in [0.25, 0.3) is 11.3 Å². The fourth-order valence-electron chi connectivity index (χ4n) is 2.55. The fourth-order valence-corrected chi connectivity index (χ4v) is 3.39. The molecular formula is C18H15NO4S. The Balaban J connectivity index is 1.60. The number of aromatic nitrogens is 1. The van der Waals surface area contributed by atoms with E-state index in [-0.39, 0.29) is 11.9 Å². The molecule has 0 spiro atoms. The van der Waals surface area contributed by atoms with Gasteiger partial charge in [0.25, 0.3) is 0 Å². The largest absolute Gasteiger partial charge is 0.504 e. The molecule has 1 N–H and O–H groups in total. The second-order valence-electron chi connectivity index (χ2n) is 5.32. The van der Waals surface area contributed by atoms with Crippen molar-refractivity contribution in [2.45, 2.75) is 6.10 Å². The van der Waals surface area contributed by atoms with Gasteiger partial charge in [0.2, 0.25) is 0 Å². The number of phenols is 1. The van der Waals surface area contributed by atoms with Crippen LogP contribution in [0.4, 0.5) is 0 Å². The monoisotopic (exact) mass is 341 g/mol. The molecule has 0 saturated carbocycles. The number of hydrogen-bond acceptors (Lipinski definition) is 6. The maximum absolute atomic E-state index is 9.70. The van der Waals surface area contributed by atoms with Gasteiger partial charge in [0.1, 0.15) is 11.6 Å². The van der Waals surface area contributed by atoms with Crippen LogP contribution >= 0.6 is 11.3 Å². The highest BCUT2D eigenvalue weighted by Gasteiger charge is 2.25. The molecule has 0 amide bonds. The summed E-state index contributed by atoms with van der Waals surface area (Å²) in [6.07, 6.45) is -0.224. The zero-order chi connectivity index (χ0) is 16.5. The number of hydrogen-bond donors (Lipinski definition) is 1. The summed E-state index contributed by atoms with van der Waals surface area (Å²) in [6.45, 7) is 0.433. The topological polar surface area (TPSA) is 60.8 Å². The normalized spacial score (nSPS) is 16.0. The molecule has 0 unspecified atom stereocenters. The summed E-state index contributed by atoms with van der Waals surface area (Å²) in [4.78, 5) is 4.66. The smallest absolute Gasteiger partial charge is 0.184 e. The van der Waals surface area contributed by atoms with E-state index in [2.05, 4.69) is 4.98 Å². The summed E-state index contributed by atoms with van der Waals surface area (Å²) < 4.78 is 16.9. The summed E-state index contributed by atoms with van der Waals surface area (Å²) in [5, 5.41) is 12.5. The third kappa shape index (κ3) is 2.65. The molecule has 5 nitrogen and oxygen atoms in total. The summed E-state index contributed by atoms with van der Waals surface area (Å²) >= 11 is 1.52. The average molecular weight is 341 g/mol. The van der Waals surface area contributed by atoms with Gasteiger partial charge in [-0.3, -0.25) is 0 Å². The highest BCUT2D eigenvalue weighted by Crippen LogP contribution is 2.38. The molecular weight excluding hydrogens is 326 g/mol. The van der Waals surface area contributed by atoms with Crippen molar-refractivity contribution in [2.24, 2.45) is 0 Å². The van der Waals surface area contributed by atoms with Gasteiger partial charge in [-0.05, 0) is 30.3 Å². The number of rotatable bonds is 3. The summed E-state index contributed by atoms with van der Waals surface area (Å²) in [6, 6.07) is 12.8. The van der Waals surface area contributed by atoms with Gasteiger partial charge in [0, 0.05) is 10.9 Å². The molecule has 0 bridgehead atoms. The standard InChI is InChI=1S/C18H15NO4S/c1-21-16-8-11(6-7-13(16)20)12-10-24-18(19-12)17-9-22-14-4-2-3-5-15(14)23-17/h2-8,10,17,20H,9H2,1H3/t17-/m1/s1. The van der Waals surface area contributed by atoms with Crippen molar-refractivity contribution in [3.63, 3.8) is 0 Å². The first-order valence-electron chi connectivity index (χ1n) is 7.46. The van der Waals surface area contributed by atoms with E-state index in [0.29, 0.717) is 12.4 Å². The maximum atomic E-state index is 9.70. The van der Waals surface area contributed by atoms with Crippen LogP contribution in [0.15, 0.2) is 47.8 Å². The highest BCUT2D eigenvalue weighted by molar-refractivity contribution is 7.10. The van der Waals surface area contributed by atoms with Crippen LogP contribution < -0.4 is 14.2 Å². The third-order valence-corrected chi connectivity index (χ3v) is 4.72. The molecule has 1 aromatic heterocycles.